The molecule has 2 aromatic rings. The fourth-order valence-electron chi connectivity index (χ4n) is 4.10. The summed E-state index contributed by atoms with van der Waals surface area (Å²) in [5.74, 6) is 0.554. The van der Waals surface area contributed by atoms with Crippen LogP contribution in [0.25, 0.3) is 0 Å². The summed E-state index contributed by atoms with van der Waals surface area (Å²) in [6.45, 7) is 4.39. The minimum Gasteiger partial charge on any atom is -0.351 e. The number of likely N-dealkylation sites (tertiary alicyclic amines) is 1. The minimum atomic E-state index is -0.0447. The average Bonchev–Trinajstić information content (AvgIpc) is 3.16. The number of amides is 2. The third-order valence-electron chi connectivity index (χ3n) is 5.85. The van der Waals surface area contributed by atoms with Gasteiger partial charge < -0.3 is 15.1 Å². The van der Waals surface area contributed by atoms with Gasteiger partial charge in [-0.1, -0.05) is 42.3 Å². The van der Waals surface area contributed by atoms with Crippen LogP contribution < -0.4 is 5.32 Å². The molecule has 2 fully saturated rings. The second kappa shape index (κ2) is 10.5. The van der Waals surface area contributed by atoms with Crippen molar-refractivity contribution in [2.75, 3.05) is 31.9 Å². The highest BCUT2D eigenvalue weighted by Crippen LogP contribution is 2.39. The zero-order valence-corrected chi connectivity index (χ0v) is 19.1. The van der Waals surface area contributed by atoms with Gasteiger partial charge in [-0.15, -0.1) is 11.8 Å². The van der Waals surface area contributed by atoms with Gasteiger partial charge in [-0.25, -0.2) is 0 Å². The van der Waals surface area contributed by atoms with Gasteiger partial charge in [0.1, 0.15) is 5.37 Å². The van der Waals surface area contributed by atoms with E-state index < -0.39 is 0 Å². The minimum absolute atomic E-state index is 0.0422. The van der Waals surface area contributed by atoms with Gasteiger partial charge in [0.25, 0.3) is 5.91 Å². The lowest BCUT2D eigenvalue weighted by molar-refractivity contribution is -0.128. The largest absolute Gasteiger partial charge is 0.351 e. The molecule has 0 aromatic heterocycles. The summed E-state index contributed by atoms with van der Waals surface area (Å²) in [7, 11) is 0. The molecule has 1 N–H and O–H groups in total. The topological polar surface area (TPSA) is 52.7 Å². The summed E-state index contributed by atoms with van der Waals surface area (Å²) < 4.78 is 0. The zero-order valence-electron chi connectivity index (χ0n) is 17.6. The van der Waals surface area contributed by atoms with Crippen molar-refractivity contribution in [3.63, 3.8) is 0 Å². The van der Waals surface area contributed by atoms with Gasteiger partial charge in [-0.3, -0.25) is 9.59 Å². The van der Waals surface area contributed by atoms with E-state index in [1.54, 1.807) is 11.8 Å². The van der Waals surface area contributed by atoms with Crippen LogP contribution in [0.2, 0.25) is 5.02 Å². The van der Waals surface area contributed by atoms with E-state index in [9.17, 15) is 9.59 Å². The number of benzene rings is 2. The second-order valence-electron chi connectivity index (χ2n) is 8.09. The molecule has 5 nitrogen and oxygen atoms in total. The SMILES string of the molecule is O=C(NCCN1CCCCC1)c1ccc([C@@H]2SCC(=O)N2Cc2ccc(Cl)cc2)cc1. The van der Waals surface area contributed by atoms with Crippen LogP contribution in [0.15, 0.2) is 48.5 Å². The van der Waals surface area contributed by atoms with Gasteiger partial charge in [0.15, 0.2) is 0 Å². The van der Waals surface area contributed by atoms with Crippen LogP contribution in [0, 0.1) is 0 Å². The van der Waals surface area contributed by atoms with Gasteiger partial charge in [-0.2, -0.15) is 0 Å². The van der Waals surface area contributed by atoms with Crippen molar-refractivity contribution in [2.24, 2.45) is 0 Å². The molecule has 4 rings (SSSR count). The predicted molar refractivity (Wildman–Crippen MR) is 126 cm³/mol. The molecule has 0 aliphatic carbocycles. The number of hydrogen-bond acceptors (Lipinski definition) is 4. The first-order valence-electron chi connectivity index (χ1n) is 10.9. The van der Waals surface area contributed by atoms with Crippen LogP contribution in [-0.4, -0.2) is 53.5 Å². The van der Waals surface area contributed by atoms with E-state index in [0.717, 1.165) is 30.8 Å². The Morgan fingerprint density at radius 3 is 2.45 bits per heavy atom. The van der Waals surface area contributed by atoms with Gasteiger partial charge in [0.05, 0.1) is 5.75 Å². The lowest BCUT2D eigenvalue weighted by Crippen LogP contribution is -2.37. The van der Waals surface area contributed by atoms with Crippen LogP contribution in [0.5, 0.6) is 0 Å². The van der Waals surface area contributed by atoms with Gasteiger partial charge in [0, 0.05) is 30.2 Å². The molecule has 164 valence electrons. The number of rotatable bonds is 7. The van der Waals surface area contributed by atoms with Crippen molar-refractivity contribution in [2.45, 2.75) is 31.2 Å². The number of carbonyl (C=O) groups excluding carboxylic acids is 2. The standard InChI is InChI=1S/C24H28ClN3O2S/c25-21-10-4-18(5-11-21)16-28-22(29)17-31-24(28)20-8-6-19(7-9-20)23(30)26-12-15-27-13-2-1-3-14-27/h4-11,24H,1-3,12-17H2,(H,26,30)/t24-/m0/s1. The maximum Gasteiger partial charge on any atom is 0.251 e. The molecule has 1 atom stereocenters. The molecule has 2 aromatic carbocycles. The normalized spacial score (nSPS) is 19.6. The summed E-state index contributed by atoms with van der Waals surface area (Å²) in [6.07, 6.45) is 3.83. The van der Waals surface area contributed by atoms with Gasteiger partial charge in [-0.05, 0) is 61.3 Å². The molecule has 0 bridgehead atoms. The molecule has 0 unspecified atom stereocenters. The van der Waals surface area contributed by atoms with Crippen LogP contribution >= 0.6 is 23.4 Å². The molecular weight excluding hydrogens is 430 g/mol. The molecule has 2 amide bonds. The molecule has 0 spiro atoms. The van der Waals surface area contributed by atoms with Crippen LogP contribution in [0.3, 0.4) is 0 Å². The number of nitrogens with one attached hydrogen (secondary N) is 1. The van der Waals surface area contributed by atoms with Gasteiger partial charge >= 0.3 is 0 Å². The predicted octanol–water partition coefficient (Wildman–Crippen LogP) is 4.33. The number of nitrogens with zero attached hydrogens (tertiary/aromatic N) is 2. The lowest BCUT2D eigenvalue weighted by Gasteiger charge is -2.26. The zero-order chi connectivity index (χ0) is 21.6. The van der Waals surface area contributed by atoms with E-state index in [4.69, 9.17) is 11.6 Å². The molecule has 2 aliphatic heterocycles. The Labute approximate surface area is 193 Å². The van der Waals surface area contributed by atoms with E-state index in [-0.39, 0.29) is 17.2 Å². The van der Waals surface area contributed by atoms with E-state index in [1.807, 2.05) is 53.4 Å². The van der Waals surface area contributed by atoms with Crippen molar-refractivity contribution in [1.82, 2.24) is 15.1 Å². The molecule has 0 saturated carbocycles. The Balaban J connectivity index is 1.34. The third-order valence-corrected chi connectivity index (χ3v) is 7.36. The van der Waals surface area contributed by atoms with Crippen molar-refractivity contribution < 1.29 is 9.59 Å². The first-order valence-corrected chi connectivity index (χ1v) is 12.3. The highest BCUT2D eigenvalue weighted by atomic mass is 35.5. The second-order valence-corrected chi connectivity index (χ2v) is 9.60. The fraction of sp³-hybridized carbons (Fsp3) is 0.417. The summed E-state index contributed by atoms with van der Waals surface area (Å²) >= 11 is 7.60. The molecule has 2 heterocycles. The van der Waals surface area contributed by atoms with Crippen molar-refractivity contribution in [3.05, 3.63) is 70.2 Å². The average molecular weight is 458 g/mol. The first-order chi connectivity index (χ1) is 15.1. The highest BCUT2D eigenvalue weighted by molar-refractivity contribution is 8.00. The van der Waals surface area contributed by atoms with Gasteiger partial charge in [0.2, 0.25) is 5.91 Å². The number of hydrogen-bond donors (Lipinski definition) is 1. The summed E-state index contributed by atoms with van der Waals surface area (Å²) in [6, 6.07) is 15.2. The van der Waals surface area contributed by atoms with E-state index in [1.165, 1.54) is 19.3 Å². The molecule has 2 aliphatic rings. The smallest absolute Gasteiger partial charge is 0.251 e. The van der Waals surface area contributed by atoms with Crippen molar-refractivity contribution in [1.29, 1.82) is 0 Å². The summed E-state index contributed by atoms with van der Waals surface area (Å²) in [5, 5.41) is 3.67. The number of halogens is 1. The lowest BCUT2D eigenvalue weighted by atomic mass is 10.1. The monoisotopic (exact) mass is 457 g/mol. The molecular formula is C24H28ClN3O2S. The Morgan fingerprint density at radius 1 is 1.03 bits per heavy atom. The van der Waals surface area contributed by atoms with Crippen LogP contribution in [-0.2, 0) is 11.3 Å². The van der Waals surface area contributed by atoms with Crippen molar-refractivity contribution >= 4 is 35.2 Å². The molecule has 0 radical (unpaired) electrons. The third kappa shape index (κ3) is 5.82. The summed E-state index contributed by atoms with van der Waals surface area (Å²) in [5.41, 5.74) is 2.74. The molecule has 7 heteroatoms. The van der Waals surface area contributed by atoms with Crippen LogP contribution in [0.4, 0.5) is 0 Å². The van der Waals surface area contributed by atoms with E-state index in [0.29, 0.717) is 29.4 Å². The van der Waals surface area contributed by atoms with Crippen LogP contribution in [0.1, 0.15) is 46.1 Å². The van der Waals surface area contributed by atoms with E-state index in [2.05, 4.69) is 10.2 Å². The fourth-order valence-corrected chi connectivity index (χ4v) is 5.41. The molecule has 31 heavy (non-hydrogen) atoms. The number of piperidine rings is 1. The molecule has 2 saturated heterocycles. The highest BCUT2D eigenvalue weighted by Gasteiger charge is 2.32. The number of thioether (sulfide) groups is 1. The van der Waals surface area contributed by atoms with Crippen molar-refractivity contribution in [3.8, 4) is 0 Å². The quantitative estimate of drug-likeness (QED) is 0.672. The Bertz CT molecular complexity index is 898. The summed E-state index contributed by atoms with van der Waals surface area (Å²) in [4.78, 5) is 29.3. The maximum absolute atomic E-state index is 12.5. The Morgan fingerprint density at radius 2 is 1.74 bits per heavy atom. The maximum atomic E-state index is 12.5. The first kappa shape index (κ1) is 22.2. The number of carbonyl (C=O) groups is 2. The Hall–Kier alpha value is -2.02. The Kier molecular flexibility index (Phi) is 7.54. The van der Waals surface area contributed by atoms with E-state index >= 15 is 0 Å².